The number of carbonyl (C=O) groups excluding carboxylic acids is 4. The Hall–Kier alpha value is -3.97. The Labute approximate surface area is 207 Å². The molecule has 36 heavy (non-hydrogen) atoms. The fraction of sp³-hybridized carbons (Fsp3) is 0.435. The first-order valence-electron chi connectivity index (χ1n) is 11.5. The molecule has 0 spiro atoms. The number of hydrogen-bond acceptors (Lipinski definition) is 7. The lowest BCUT2D eigenvalue weighted by Crippen LogP contribution is -2.55. The van der Waals surface area contributed by atoms with Crippen LogP contribution in [-0.2, 0) is 30.4 Å². The predicted octanol–water partition coefficient (Wildman–Crippen LogP) is -1.79. The van der Waals surface area contributed by atoms with E-state index in [0.717, 1.165) is 10.9 Å². The number of unbranched alkanes of at least 4 members (excludes halogenated alkanes) is 1. The molecule has 0 radical (unpaired) electrons. The van der Waals surface area contributed by atoms with E-state index in [-0.39, 0.29) is 6.42 Å². The van der Waals surface area contributed by atoms with Crippen LogP contribution in [0.25, 0.3) is 10.9 Å². The molecule has 3 unspecified atom stereocenters. The summed E-state index contributed by atoms with van der Waals surface area (Å²) in [5.74, 6) is -4.41. The topological polar surface area (TPSA) is 236 Å². The average molecular weight is 504 g/mol. The minimum Gasteiger partial charge on any atom is -0.480 e. The van der Waals surface area contributed by atoms with Gasteiger partial charge in [0.05, 0.1) is 19.0 Å². The number of para-hydroxylation sites is 1. The number of carboxylic acid groups (broad SMARTS) is 1. The van der Waals surface area contributed by atoms with Crippen LogP contribution in [-0.4, -0.2) is 70.9 Å². The Balaban J connectivity index is 1.99. The molecule has 4 amide bonds. The van der Waals surface area contributed by atoms with E-state index in [0.29, 0.717) is 31.4 Å². The van der Waals surface area contributed by atoms with Gasteiger partial charge in [0.15, 0.2) is 0 Å². The second kappa shape index (κ2) is 13.8. The summed E-state index contributed by atoms with van der Waals surface area (Å²) in [6.45, 7) is -0.0196. The highest BCUT2D eigenvalue weighted by Gasteiger charge is 2.28. The monoisotopic (exact) mass is 503 g/mol. The number of aromatic nitrogens is 1. The molecule has 1 aromatic heterocycles. The number of H-pyrrole nitrogens is 1. The van der Waals surface area contributed by atoms with Gasteiger partial charge in [0.2, 0.25) is 23.6 Å². The highest BCUT2D eigenvalue weighted by Crippen LogP contribution is 2.19. The number of aromatic amines is 1. The van der Waals surface area contributed by atoms with Crippen molar-refractivity contribution >= 4 is 40.5 Å². The van der Waals surface area contributed by atoms with Crippen molar-refractivity contribution < 1.29 is 29.1 Å². The van der Waals surface area contributed by atoms with Crippen molar-refractivity contribution in [2.24, 2.45) is 17.2 Å². The summed E-state index contributed by atoms with van der Waals surface area (Å²) in [6, 6.07) is 3.68. The molecule has 0 aliphatic rings. The van der Waals surface area contributed by atoms with Crippen LogP contribution in [0.1, 0.15) is 31.2 Å². The van der Waals surface area contributed by atoms with Crippen molar-refractivity contribution in [3.05, 3.63) is 36.0 Å². The van der Waals surface area contributed by atoms with E-state index < -0.39 is 60.7 Å². The third kappa shape index (κ3) is 8.67. The zero-order valence-electron chi connectivity index (χ0n) is 19.8. The molecule has 0 saturated heterocycles. The maximum Gasteiger partial charge on any atom is 0.326 e. The van der Waals surface area contributed by atoms with Gasteiger partial charge in [-0.05, 0) is 31.0 Å². The zero-order valence-corrected chi connectivity index (χ0v) is 19.8. The Kier molecular flexibility index (Phi) is 10.8. The number of nitrogens with one attached hydrogen (secondary N) is 4. The number of amides is 4. The normalized spacial score (nSPS) is 13.4. The number of nitrogens with two attached hydrogens (primary N) is 3. The second-order valence-corrected chi connectivity index (χ2v) is 8.36. The molecular weight excluding hydrogens is 470 g/mol. The number of carboxylic acids is 1. The summed E-state index contributed by atoms with van der Waals surface area (Å²) in [5, 5.41) is 17.5. The Morgan fingerprint density at radius 2 is 1.72 bits per heavy atom. The summed E-state index contributed by atoms with van der Waals surface area (Å²) in [4.78, 5) is 63.5. The van der Waals surface area contributed by atoms with Gasteiger partial charge < -0.3 is 43.2 Å². The highest BCUT2D eigenvalue weighted by atomic mass is 16.4. The molecule has 2 rings (SSSR count). The first kappa shape index (κ1) is 28.3. The van der Waals surface area contributed by atoms with Crippen LogP contribution >= 0.6 is 0 Å². The fourth-order valence-corrected chi connectivity index (χ4v) is 3.59. The van der Waals surface area contributed by atoms with Gasteiger partial charge >= 0.3 is 5.97 Å². The number of aliphatic carboxylic acids is 1. The lowest BCUT2D eigenvalue weighted by atomic mass is 10.0. The van der Waals surface area contributed by atoms with E-state index in [1.165, 1.54) is 0 Å². The number of primary amides is 1. The molecule has 1 aromatic carbocycles. The van der Waals surface area contributed by atoms with E-state index in [9.17, 15) is 29.1 Å². The van der Waals surface area contributed by atoms with Crippen LogP contribution in [0.15, 0.2) is 30.5 Å². The lowest BCUT2D eigenvalue weighted by Gasteiger charge is -2.21. The van der Waals surface area contributed by atoms with Gasteiger partial charge in [-0.15, -0.1) is 0 Å². The maximum atomic E-state index is 12.8. The minimum absolute atomic E-state index is 0.0412. The third-order valence-corrected chi connectivity index (χ3v) is 5.50. The van der Waals surface area contributed by atoms with Crippen LogP contribution in [0.3, 0.4) is 0 Å². The van der Waals surface area contributed by atoms with E-state index in [4.69, 9.17) is 17.2 Å². The summed E-state index contributed by atoms with van der Waals surface area (Å²) < 4.78 is 0. The van der Waals surface area contributed by atoms with Crippen LogP contribution in [0, 0.1) is 0 Å². The maximum absolute atomic E-state index is 12.8. The van der Waals surface area contributed by atoms with Crippen molar-refractivity contribution in [2.45, 2.75) is 50.2 Å². The molecule has 2 aromatic rings. The second-order valence-electron chi connectivity index (χ2n) is 8.36. The molecule has 11 N–H and O–H groups in total. The Bertz CT molecular complexity index is 1090. The van der Waals surface area contributed by atoms with Gasteiger partial charge in [0, 0.05) is 23.5 Å². The molecule has 0 bridgehead atoms. The molecule has 0 fully saturated rings. The molecule has 13 nitrogen and oxygen atoms in total. The van der Waals surface area contributed by atoms with E-state index in [2.05, 4.69) is 20.9 Å². The van der Waals surface area contributed by atoms with Crippen LogP contribution in [0.4, 0.5) is 0 Å². The quantitative estimate of drug-likeness (QED) is 0.129. The first-order valence-corrected chi connectivity index (χ1v) is 11.5. The van der Waals surface area contributed by atoms with Gasteiger partial charge in [0.25, 0.3) is 0 Å². The molecule has 1 heterocycles. The molecule has 196 valence electrons. The molecule has 3 atom stereocenters. The SMILES string of the molecule is NCCCCC(N)C(=O)NCC(=O)NC(CC(N)=O)C(=O)NC(Cc1c[nH]c2ccccc12)C(=O)O. The molecule has 0 saturated carbocycles. The van der Waals surface area contributed by atoms with Gasteiger partial charge in [-0.25, -0.2) is 4.79 Å². The molecular formula is C23H33N7O6. The number of carbonyl (C=O) groups is 5. The third-order valence-electron chi connectivity index (χ3n) is 5.50. The van der Waals surface area contributed by atoms with E-state index in [1.54, 1.807) is 12.3 Å². The van der Waals surface area contributed by atoms with Gasteiger partial charge in [-0.1, -0.05) is 24.6 Å². The summed E-state index contributed by atoms with van der Waals surface area (Å²) in [6.07, 6.45) is 2.80. The van der Waals surface area contributed by atoms with Gasteiger partial charge in [-0.2, -0.15) is 0 Å². The summed E-state index contributed by atoms with van der Waals surface area (Å²) >= 11 is 0. The fourth-order valence-electron chi connectivity index (χ4n) is 3.59. The molecule has 0 aliphatic carbocycles. The van der Waals surface area contributed by atoms with E-state index in [1.807, 2.05) is 18.2 Å². The van der Waals surface area contributed by atoms with Crippen molar-refractivity contribution in [3.63, 3.8) is 0 Å². The van der Waals surface area contributed by atoms with Crippen molar-refractivity contribution in [1.82, 2.24) is 20.9 Å². The molecule has 13 heteroatoms. The Morgan fingerprint density at radius 3 is 2.39 bits per heavy atom. The smallest absolute Gasteiger partial charge is 0.326 e. The first-order chi connectivity index (χ1) is 17.1. The van der Waals surface area contributed by atoms with Crippen molar-refractivity contribution in [1.29, 1.82) is 0 Å². The highest BCUT2D eigenvalue weighted by molar-refractivity contribution is 5.95. The van der Waals surface area contributed by atoms with Gasteiger partial charge in [-0.3, -0.25) is 19.2 Å². The van der Waals surface area contributed by atoms with Crippen molar-refractivity contribution in [2.75, 3.05) is 13.1 Å². The number of fused-ring (bicyclic) bond motifs is 1. The van der Waals surface area contributed by atoms with Crippen LogP contribution in [0.2, 0.25) is 0 Å². The minimum atomic E-state index is -1.44. The largest absolute Gasteiger partial charge is 0.480 e. The Morgan fingerprint density at radius 1 is 1.00 bits per heavy atom. The van der Waals surface area contributed by atoms with Crippen LogP contribution in [0.5, 0.6) is 0 Å². The average Bonchev–Trinajstić information content (AvgIpc) is 3.24. The van der Waals surface area contributed by atoms with Crippen molar-refractivity contribution in [3.8, 4) is 0 Å². The van der Waals surface area contributed by atoms with Crippen LogP contribution < -0.4 is 33.2 Å². The predicted molar refractivity (Wildman–Crippen MR) is 131 cm³/mol. The number of benzene rings is 1. The lowest BCUT2D eigenvalue weighted by molar-refractivity contribution is -0.142. The summed E-state index contributed by atoms with van der Waals surface area (Å²) in [7, 11) is 0. The molecule has 0 aliphatic heterocycles. The number of rotatable bonds is 15. The zero-order chi connectivity index (χ0) is 26.7. The van der Waals surface area contributed by atoms with E-state index >= 15 is 0 Å². The van der Waals surface area contributed by atoms with Gasteiger partial charge in [0.1, 0.15) is 12.1 Å². The summed E-state index contributed by atoms with van der Waals surface area (Å²) in [5.41, 5.74) is 17.8. The standard InChI is InChI=1S/C23H33N7O6/c24-8-4-3-6-15(25)21(33)28-12-20(32)29-17(10-19(26)31)22(34)30-18(23(35)36)9-13-11-27-16-7-2-1-5-14(13)16/h1-2,5,7,11,15,17-18,27H,3-4,6,8-10,12,24-25H2,(H2,26,31)(H,28,33)(H,29,32)(H,30,34)(H,35,36). The number of hydrogen-bond donors (Lipinski definition) is 8.